The first-order valence-corrected chi connectivity index (χ1v) is 6.64. The van der Waals surface area contributed by atoms with Crippen LogP contribution in [0.3, 0.4) is 0 Å². The molecule has 0 fully saturated rings. The molecule has 1 rings (SSSR count). The van der Waals surface area contributed by atoms with Crippen molar-refractivity contribution in [3.8, 4) is 5.75 Å². The minimum absolute atomic E-state index is 0.571. The van der Waals surface area contributed by atoms with E-state index < -0.39 is 0 Å². The van der Waals surface area contributed by atoms with E-state index in [9.17, 15) is 0 Å². The predicted molar refractivity (Wildman–Crippen MR) is 75.9 cm³/mol. The van der Waals surface area contributed by atoms with Crippen LogP contribution >= 0.6 is 0 Å². The van der Waals surface area contributed by atoms with Gasteiger partial charge in [0.05, 0.1) is 5.69 Å². The largest absolute Gasteiger partial charge is 0.487 e. The highest BCUT2D eigenvalue weighted by atomic mass is 16.5. The lowest BCUT2D eigenvalue weighted by molar-refractivity contribution is 0.341. The van der Waals surface area contributed by atoms with Crippen molar-refractivity contribution >= 4 is 0 Å². The Morgan fingerprint density at radius 2 is 2.17 bits per heavy atom. The van der Waals surface area contributed by atoms with Gasteiger partial charge in [-0.3, -0.25) is 4.98 Å². The van der Waals surface area contributed by atoms with Crippen LogP contribution in [0, 0.1) is 6.92 Å². The summed E-state index contributed by atoms with van der Waals surface area (Å²) in [6, 6.07) is 3.97. The van der Waals surface area contributed by atoms with E-state index in [0.717, 1.165) is 48.6 Å². The minimum Gasteiger partial charge on any atom is -0.487 e. The lowest BCUT2D eigenvalue weighted by atomic mass is 10.2. The van der Waals surface area contributed by atoms with Crippen LogP contribution in [0.2, 0.25) is 0 Å². The molecule has 0 bridgehead atoms. The van der Waals surface area contributed by atoms with Crippen LogP contribution in [0.25, 0.3) is 0 Å². The fourth-order valence-corrected chi connectivity index (χ4v) is 1.52. The number of rotatable bonds is 8. The maximum atomic E-state index is 5.77. The number of pyridine rings is 1. The average molecular weight is 248 g/mol. The molecule has 18 heavy (non-hydrogen) atoms. The van der Waals surface area contributed by atoms with E-state index >= 15 is 0 Å². The molecule has 0 aliphatic heterocycles. The van der Waals surface area contributed by atoms with Crippen molar-refractivity contribution in [1.82, 2.24) is 10.3 Å². The van der Waals surface area contributed by atoms with E-state index in [1.54, 1.807) is 0 Å². The normalized spacial score (nSPS) is 10.4. The fraction of sp³-hybridized carbons (Fsp3) is 0.533. The second-order valence-electron chi connectivity index (χ2n) is 4.47. The maximum Gasteiger partial charge on any atom is 0.142 e. The minimum atomic E-state index is 0.571. The summed E-state index contributed by atoms with van der Waals surface area (Å²) in [7, 11) is 0. The Labute approximate surface area is 110 Å². The van der Waals surface area contributed by atoms with E-state index in [-0.39, 0.29) is 0 Å². The monoisotopic (exact) mass is 248 g/mol. The number of aryl methyl sites for hydroxylation is 1. The van der Waals surface area contributed by atoms with Gasteiger partial charge in [0.1, 0.15) is 12.4 Å². The van der Waals surface area contributed by atoms with E-state index in [1.165, 1.54) is 0 Å². The molecule has 0 saturated heterocycles. The van der Waals surface area contributed by atoms with Crippen molar-refractivity contribution in [1.29, 1.82) is 0 Å². The van der Waals surface area contributed by atoms with Crippen LogP contribution in [0.1, 0.15) is 38.1 Å². The summed E-state index contributed by atoms with van der Waals surface area (Å²) in [6.45, 7) is 12.5. The first-order valence-electron chi connectivity index (χ1n) is 6.64. The number of nitrogens with zero attached hydrogens (tertiary/aromatic N) is 1. The van der Waals surface area contributed by atoms with Gasteiger partial charge in [0.15, 0.2) is 0 Å². The molecule has 3 heteroatoms. The SMILES string of the molecule is C=C(CC)COc1ccc(C)nc1CNCCC. The third-order valence-corrected chi connectivity index (χ3v) is 2.72. The van der Waals surface area contributed by atoms with Gasteiger partial charge < -0.3 is 10.1 Å². The number of aromatic nitrogens is 1. The van der Waals surface area contributed by atoms with Crippen molar-refractivity contribution in [2.45, 2.75) is 40.2 Å². The number of nitrogens with one attached hydrogen (secondary N) is 1. The Balaban J connectivity index is 2.66. The summed E-state index contributed by atoms with van der Waals surface area (Å²) in [6.07, 6.45) is 2.07. The summed E-state index contributed by atoms with van der Waals surface area (Å²) >= 11 is 0. The van der Waals surface area contributed by atoms with Gasteiger partial charge in [-0.25, -0.2) is 0 Å². The van der Waals surface area contributed by atoms with Crippen molar-refractivity contribution < 1.29 is 4.74 Å². The quantitative estimate of drug-likeness (QED) is 0.566. The second-order valence-corrected chi connectivity index (χ2v) is 4.47. The van der Waals surface area contributed by atoms with Gasteiger partial charge in [-0.05, 0) is 44.0 Å². The molecule has 0 aliphatic carbocycles. The summed E-state index contributed by atoms with van der Waals surface area (Å²) in [4.78, 5) is 4.53. The van der Waals surface area contributed by atoms with Crippen molar-refractivity contribution in [3.05, 3.63) is 35.7 Å². The molecule has 0 unspecified atom stereocenters. The summed E-state index contributed by atoms with van der Waals surface area (Å²) in [5.74, 6) is 0.860. The van der Waals surface area contributed by atoms with Crippen molar-refractivity contribution in [3.63, 3.8) is 0 Å². The van der Waals surface area contributed by atoms with E-state index in [4.69, 9.17) is 4.74 Å². The fourth-order valence-electron chi connectivity index (χ4n) is 1.52. The second kappa shape index (κ2) is 7.88. The molecule has 0 aliphatic rings. The van der Waals surface area contributed by atoms with Gasteiger partial charge in [0.2, 0.25) is 0 Å². The zero-order chi connectivity index (χ0) is 13.4. The maximum absolute atomic E-state index is 5.77. The highest BCUT2D eigenvalue weighted by Gasteiger charge is 2.06. The van der Waals surface area contributed by atoms with Crippen LogP contribution in [-0.4, -0.2) is 18.1 Å². The molecule has 0 spiro atoms. The Kier molecular flexibility index (Phi) is 6.44. The van der Waals surface area contributed by atoms with Crippen LogP contribution in [-0.2, 0) is 6.54 Å². The summed E-state index contributed by atoms with van der Waals surface area (Å²) in [5, 5.41) is 3.36. The summed E-state index contributed by atoms with van der Waals surface area (Å²) < 4.78 is 5.77. The Morgan fingerprint density at radius 1 is 1.39 bits per heavy atom. The van der Waals surface area contributed by atoms with Gasteiger partial charge in [-0.15, -0.1) is 0 Å². The summed E-state index contributed by atoms with van der Waals surface area (Å²) in [5.41, 5.74) is 3.10. The third kappa shape index (κ3) is 4.88. The molecule has 0 radical (unpaired) electrons. The average Bonchev–Trinajstić information content (AvgIpc) is 2.37. The number of hydrogen-bond donors (Lipinski definition) is 1. The van der Waals surface area contributed by atoms with Gasteiger partial charge in [-0.2, -0.15) is 0 Å². The van der Waals surface area contributed by atoms with Gasteiger partial charge in [0.25, 0.3) is 0 Å². The van der Waals surface area contributed by atoms with Crippen molar-refractivity contribution in [2.24, 2.45) is 0 Å². The van der Waals surface area contributed by atoms with E-state index in [1.807, 2.05) is 19.1 Å². The van der Waals surface area contributed by atoms with Crippen molar-refractivity contribution in [2.75, 3.05) is 13.2 Å². The highest BCUT2D eigenvalue weighted by Crippen LogP contribution is 2.17. The zero-order valence-electron chi connectivity index (χ0n) is 11.8. The lowest BCUT2D eigenvalue weighted by Gasteiger charge is -2.12. The molecule has 1 heterocycles. The first-order chi connectivity index (χ1) is 8.67. The van der Waals surface area contributed by atoms with Crippen LogP contribution < -0.4 is 10.1 Å². The molecule has 0 amide bonds. The molecular weight excluding hydrogens is 224 g/mol. The van der Waals surface area contributed by atoms with Crippen LogP contribution in [0.15, 0.2) is 24.3 Å². The molecule has 1 aromatic rings. The standard InChI is InChI=1S/C15H24N2O/c1-5-9-16-10-14-15(8-7-13(4)17-14)18-11-12(3)6-2/h7-8,16H,3,5-6,9-11H2,1-2,4H3. The highest BCUT2D eigenvalue weighted by molar-refractivity contribution is 5.29. The zero-order valence-corrected chi connectivity index (χ0v) is 11.8. The number of ether oxygens (including phenoxy) is 1. The molecule has 1 N–H and O–H groups in total. The Bertz CT molecular complexity index is 388. The smallest absolute Gasteiger partial charge is 0.142 e. The molecule has 0 saturated carbocycles. The van der Waals surface area contributed by atoms with Crippen LogP contribution in [0.4, 0.5) is 0 Å². The van der Waals surface area contributed by atoms with Crippen LogP contribution in [0.5, 0.6) is 5.75 Å². The molecular formula is C15H24N2O. The van der Waals surface area contributed by atoms with E-state index in [0.29, 0.717) is 6.61 Å². The molecule has 3 nitrogen and oxygen atoms in total. The van der Waals surface area contributed by atoms with E-state index in [2.05, 4.69) is 30.7 Å². The Hall–Kier alpha value is -1.35. The molecule has 1 aromatic heterocycles. The van der Waals surface area contributed by atoms with Gasteiger partial charge >= 0.3 is 0 Å². The molecule has 100 valence electrons. The lowest BCUT2D eigenvalue weighted by Crippen LogP contribution is -2.16. The Morgan fingerprint density at radius 3 is 2.83 bits per heavy atom. The molecule has 0 atom stereocenters. The molecule has 0 aromatic carbocycles. The first kappa shape index (κ1) is 14.7. The third-order valence-electron chi connectivity index (χ3n) is 2.72. The van der Waals surface area contributed by atoms with Gasteiger partial charge in [0, 0.05) is 12.2 Å². The number of hydrogen-bond acceptors (Lipinski definition) is 3. The predicted octanol–water partition coefficient (Wildman–Crippen LogP) is 3.23. The topological polar surface area (TPSA) is 34.1 Å². The van der Waals surface area contributed by atoms with Gasteiger partial charge in [-0.1, -0.05) is 20.4 Å².